The van der Waals surface area contributed by atoms with Gasteiger partial charge in [-0.15, -0.1) is 0 Å². The Hall–Kier alpha value is -0.570. The Morgan fingerprint density at radius 3 is 3.00 bits per heavy atom. The second kappa shape index (κ2) is 2.73. The Morgan fingerprint density at radius 1 is 1.50 bits per heavy atom. The fourth-order valence-electron chi connectivity index (χ4n) is 1.64. The monoisotopic (exact) mass is 183 g/mol. The largest absolute Gasteiger partial charge is 0.387 e. The maximum Gasteiger partial charge on any atom is 0.0946 e. The van der Waals surface area contributed by atoms with Crippen molar-refractivity contribution in [3.8, 4) is 0 Å². The summed E-state index contributed by atoms with van der Waals surface area (Å²) in [6.45, 7) is 0. The quantitative estimate of drug-likeness (QED) is 0.636. The maximum atomic E-state index is 9.57. The van der Waals surface area contributed by atoms with E-state index in [2.05, 4.69) is 0 Å². The van der Waals surface area contributed by atoms with Crippen LogP contribution < -0.4 is 5.73 Å². The lowest BCUT2D eigenvalue weighted by molar-refractivity contribution is 0.159. The molecule has 0 heterocycles. The highest BCUT2D eigenvalue weighted by atomic mass is 35.5. The zero-order valence-electron chi connectivity index (χ0n) is 6.50. The highest BCUT2D eigenvalue weighted by molar-refractivity contribution is 6.30. The van der Waals surface area contributed by atoms with Gasteiger partial charge in [0.05, 0.1) is 6.10 Å². The molecule has 1 aromatic rings. The number of hydrogen-bond acceptors (Lipinski definition) is 2. The lowest BCUT2D eigenvalue weighted by Gasteiger charge is -2.07. The summed E-state index contributed by atoms with van der Waals surface area (Å²) in [5.41, 5.74) is 7.68. The van der Waals surface area contributed by atoms with Gasteiger partial charge in [0.25, 0.3) is 0 Å². The predicted octanol–water partition coefficient (Wildman–Crippen LogP) is 1.26. The molecule has 2 atom stereocenters. The lowest BCUT2D eigenvalue weighted by atomic mass is 10.1. The van der Waals surface area contributed by atoms with E-state index in [-0.39, 0.29) is 6.04 Å². The Labute approximate surface area is 76.0 Å². The molecule has 0 saturated heterocycles. The maximum absolute atomic E-state index is 9.57. The molecule has 0 fully saturated rings. The Balaban J connectivity index is 2.47. The zero-order valence-corrected chi connectivity index (χ0v) is 7.25. The van der Waals surface area contributed by atoms with Gasteiger partial charge in [0.2, 0.25) is 0 Å². The van der Waals surface area contributed by atoms with Gasteiger partial charge < -0.3 is 10.8 Å². The van der Waals surface area contributed by atoms with E-state index in [9.17, 15) is 5.11 Å². The van der Waals surface area contributed by atoms with Crippen LogP contribution in [0.2, 0.25) is 5.02 Å². The summed E-state index contributed by atoms with van der Waals surface area (Å²) in [6.07, 6.45) is 0.203. The smallest absolute Gasteiger partial charge is 0.0946 e. The molecular weight excluding hydrogens is 174 g/mol. The number of aliphatic hydroxyl groups excluding tert-OH is 1. The predicted molar refractivity (Wildman–Crippen MR) is 48.1 cm³/mol. The van der Waals surface area contributed by atoms with Crippen molar-refractivity contribution in [3.63, 3.8) is 0 Å². The Kier molecular flexibility index (Phi) is 1.83. The van der Waals surface area contributed by atoms with E-state index < -0.39 is 6.10 Å². The van der Waals surface area contributed by atoms with E-state index in [0.29, 0.717) is 5.02 Å². The molecule has 0 radical (unpaired) electrons. The Morgan fingerprint density at radius 2 is 2.25 bits per heavy atom. The van der Waals surface area contributed by atoms with Crippen LogP contribution in [0.25, 0.3) is 0 Å². The van der Waals surface area contributed by atoms with Crippen molar-refractivity contribution >= 4 is 11.6 Å². The van der Waals surface area contributed by atoms with Gasteiger partial charge in [-0.2, -0.15) is 0 Å². The minimum absolute atomic E-state index is 0.168. The van der Waals surface area contributed by atoms with Crippen molar-refractivity contribution in [1.82, 2.24) is 0 Å². The number of halogens is 1. The van der Waals surface area contributed by atoms with Gasteiger partial charge >= 0.3 is 0 Å². The molecule has 2 nitrogen and oxygen atoms in total. The van der Waals surface area contributed by atoms with Gasteiger partial charge in [0.15, 0.2) is 0 Å². The molecule has 1 aliphatic rings. The molecule has 0 spiro atoms. The first kappa shape index (κ1) is 8.05. The van der Waals surface area contributed by atoms with E-state index in [1.165, 1.54) is 0 Å². The average Bonchev–Trinajstić information content (AvgIpc) is 2.28. The van der Waals surface area contributed by atoms with Crippen molar-refractivity contribution in [2.45, 2.75) is 18.6 Å². The van der Waals surface area contributed by atoms with Crippen LogP contribution in [-0.2, 0) is 6.42 Å². The number of hydrogen-bond donors (Lipinski definition) is 2. The topological polar surface area (TPSA) is 46.2 Å². The first-order valence-electron chi connectivity index (χ1n) is 3.90. The molecule has 0 aromatic heterocycles. The molecular formula is C9H10ClNO. The fraction of sp³-hybridized carbons (Fsp3) is 0.333. The first-order valence-corrected chi connectivity index (χ1v) is 4.28. The van der Waals surface area contributed by atoms with E-state index in [1.807, 2.05) is 12.1 Å². The average molecular weight is 184 g/mol. The first-order chi connectivity index (χ1) is 5.68. The molecule has 3 heteroatoms. The molecule has 1 aromatic carbocycles. The van der Waals surface area contributed by atoms with Crippen LogP contribution >= 0.6 is 11.6 Å². The molecule has 0 bridgehead atoms. The normalized spacial score (nSPS) is 27.2. The molecule has 0 amide bonds. The number of fused-ring (bicyclic) bond motifs is 1. The third-order valence-electron chi connectivity index (χ3n) is 2.28. The minimum Gasteiger partial charge on any atom is -0.387 e. The second-order valence-corrected chi connectivity index (χ2v) is 3.59. The molecule has 2 rings (SSSR count). The summed E-state index contributed by atoms with van der Waals surface area (Å²) in [5.74, 6) is 0. The van der Waals surface area contributed by atoms with Crippen molar-refractivity contribution in [1.29, 1.82) is 0 Å². The van der Waals surface area contributed by atoms with Crippen molar-refractivity contribution < 1.29 is 5.11 Å². The highest BCUT2D eigenvalue weighted by Gasteiger charge is 2.27. The molecule has 3 N–H and O–H groups in total. The summed E-state index contributed by atoms with van der Waals surface area (Å²) in [4.78, 5) is 0. The summed E-state index contributed by atoms with van der Waals surface area (Å²) in [7, 11) is 0. The summed E-state index contributed by atoms with van der Waals surface area (Å²) in [5, 5.41) is 10.3. The van der Waals surface area contributed by atoms with E-state index in [1.54, 1.807) is 6.07 Å². The molecule has 64 valence electrons. The van der Waals surface area contributed by atoms with Crippen LogP contribution in [0.5, 0.6) is 0 Å². The van der Waals surface area contributed by atoms with Crippen molar-refractivity contribution in [2.24, 2.45) is 5.73 Å². The van der Waals surface area contributed by atoms with Crippen LogP contribution in [-0.4, -0.2) is 11.1 Å². The van der Waals surface area contributed by atoms with Crippen LogP contribution in [0.4, 0.5) is 0 Å². The van der Waals surface area contributed by atoms with E-state index >= 15 is 0 Å². The molecule has 0 saturated carbocycles. The van der Waals surface area contributed by atoms with Crippen molar-refractivity contribution in [3.05, 3.63) is 34.3 Å². The van der Waals surface area contributed by atoms with Gasteiger partial charge in [-0.1, -0.05) is 17.7 Å². The van der Waals surface area contributed by atoms with Gasteiger partial charge in [-0.25, -0.2) is 0 Å². The molecule has 1 aliphatic carbocycles. The zero-order chi connectivity index (χ0) is 8.72. The second-order valence-electron chi connectivity index (χ2n) is 3.16. The van der Waals surface area contributed by atoms with Crippen LogP contribution in [0.15, 0.2) is 18.2 Å². The number of rotatable bonds is 0. The van der Waals surface area contributed by atoms with Crippen LogP contribution in [0, 0.1) is 0 Å². The van der Waals surface area contributed by atoms with Gasteiger partial charge in [0.1, 0.15) is 0 Å². The summed E-state index contributed by atoms with van der Waals surface area (Å²) < 4.78 is 0. The van der Waals surface area contributed by atoms with Gasteiger partial charge in [-0.05, 0) is 29.7 Å². The molecule has 12 heavy (non-hydrogen) atoms. The van der Waals surface area contributed by atoms with Gasteiger partial charge in [0, 0.05) is 11.1 Å². The fourth-order valence-corrected chi connectivity index (χ4v) is 1.83. The standard InChI is InChI=1S/C9H10ClNO/c10-6-1-2-7-5(3-6)4-8(11)9(7)12/h1-3,8-9,12H,4,11H2/t8-,9+/m0/s1. The highest BCUT2D eigenvalue weighted by Crippen LogP contribution is 2.31. The van der Waals surface area contributed by atoms with E-state index in [4.69, 9.17) is 17.3 Å². The summed E-state index contributed by atoms with van der Waals surface area (Å²) in [6, 6.07) is 5.32. The van der Waals surface area contributed by atoms with Crippen LogP contribution in [0.3, 0.4) is 0 Å². The SMILES string of the molecule is N[C@H]1Cc2cc(Cl)ccc2[C@H]1O. The van der Waals surface area contributed by atoms with Crippen LogP contribution in [0.1, 0.15) is 17.2 Å². The molecule has 0 aliphatic heterocycles. The number of aliphatic hydroxyl groups is 1. The summed E-state index contributed by atoms with van der Waals surface area (Å²) >= 11 is 5.80. The minimum atomic E-state index is -0.516. The third kappa shape index (κ3) is 1.12. The van der Waals surface area contributed by atoms with E-state index in [0.717, 1.165) is 17.5 Å². The molecule has 0 unspecified atom stereocenters. The number of benzene rings is 1. The van der Waals surface area contributed by atoms with Gasteiger partial charge in [-0.3, -0.25) is 0 Å². The Bertz CT molecular complexity index is 313. The lowest BCUT2D eigenvalue weighted by Crippen LogP contribution is -2.24. The number of nitrogens with two attached hydrogens (primary N) is 1. The third-order valence-corrected chi connectivity index (χ3v) is 2.52. The van der Waals surface area contributed by atoms with Crippen molar-refractivity contribution in [2.75, 3.05) is 0 Å².